The van der Waals surface area contributed by atoms with Crippen LogP contribution in [0.5, 0.6) is 0 Å². The lowest BCUT2D eigenvalue weighted by molar-refractivity contribution is -0.384. The third kappa shape index (κ3) is 2.74. The average molecular weight is 278 g/mol. The lowest BCUT2D eigenvalue weighted by atomic mass is 10.2. The molecule has 0 aliphatic carbocycles. The van der Waals surface area contributed by atoms with Gasteiger partial charge >= 0.3 is 0 Å². The maximum atomic E-state index is 10.7. The summed E-state index contributed by atoms with van der Waals surface area (Å²) in [7, 11) is 0. The van der Waals surface area contributed by atoms with Gasteiger partial charge in [-0.3, -0.25) is 10.1 Å². The Labute approximate surface area is 120 Å². The molecule has 0 fully saturated rings. The molecule has 3 aromatic rings. The minimum atomic E-state index is -0.438. The predicted octanol–water partition coefficient (Wildman–Crippen LogP) is 3.11. The molecule has 6 heteroatoms. The van der Waals surface area contributed by atoms with E-state index in [0.717, 1.165) is 5.56 Å². The number of nitro groups is 1. The van der Waals surface area contributed by atoms with Gasteiger partial charge in [-0.2, -0.15) is 0 Å². The van der Waals surface area contributed by atoms with Gasteiger partial charge in [0.25, 0.3) is 5.69 Å². The molecule has 21 heavy (non-hydrogen) atoms. The Morgan fingerprint density at radius 1 is 0.810 bits per heavy atom. The van der Waals surface area contributed by atoms with Crippen molar-refractivity contribution in [1.82, 2.24) is 15.0 Å². The number of nitrogens with zero attached hydrogens (tertiary/aromatic N) is 4. The van der Waals surface area contributed by atoms with E-state index in [9.17, 15) is 10.1 Å². The maximum absolute atomic E-state index is 10.7. The van der Waals surface area contributed by atoms with E-state index in [1.165, 1.54) is 18.5 Å². The molecule has 1 heterocycles. The van der Waals surface area contributed by atoms with Crippen LogP contribution in [0.3, 0.4) is 0 Å². The first-order chi connectivity index (χ1) is 10.2. The Morgan fingerprint density at radius 2 is 1.38 bits per heavy atom. The second-order valence-electron chi connectivity index (χ2n) is 4.30. The van der Waals surface area contributed by atoms with E-state index in [2.05, 4.69) is 15.0 Å². The second-order valence-corrected chi connectivity index (χ2v) is 4.30. The quantitative estimate of drug-likeness (QED) is 0.543. The zero-order chi connectivity index (χ0) is 14.7. The third-order valence-corrected chi connectivity index (χ3v) is 2.94. The Morgan fingerprint density at radius 3 is 1.95 bits per heavy atom. The molecule has 6 nitrogen and oxygen atoms in total. The van der Waals surface area contributed by atoms with Gasteiger partial charge in [0.1, 0.15) is 6.33 Å². The van der Waals surface area contributed by atoms with Crippen LogP contribution in [-0.4, -0.2) is 19.9 Å². The highest BCUT2D eigenvalue weighted by molar-refractivity contribution is 5.61. The summed E-state index contributed by atoms with van der Waals surface area (Å²) < 4.78 is 0. The van der Waals surface area contributed by atoms with Crippen molar-refractivity contribution in [3.05, 3.63) is 71.0 Å². The summed E-state index contributed by atoms with van der Waals surface area (Å²) in [6, 6.07) is 15.7. The molecule has 0 spiro atoms. The molecule has 0 unspecified atom stereocenters. The first-order valence-electron chi connectivity index (χ1n) is 6.23. The topological polar surface area (TPSA) is 81.8 Å². The van der Waals surface area contributed by atoms with Crippen molar-refractivity contribution in [2.45, 2.75) is 0 Å². The van der Waals surface area contributed by atoms with E-state index in [4.69, 9.17) is 0 Å². The van der Waals surface area contributed by atoms with Crippen molar-refractivity contribution in [1.29, 1.82) is 0 Å². The summed E-state index contributed by atoms with van der Waals surface area (Å²) in [6.45, 7) is 0. The number of aromatic nitrogens is 3. The van der Waals surface area contributed by atoms with Crippen LogP contribution < -0.4 is 0 Å². The van der Waals surface area contributed by atoms with Crippen LogP contribution in [0.25, 0.3) is 22.8 Å². The van der Waals surface area contributed by atoms with Crippen LogP contribution in [-0.2, 0) is 0 Å². The second kappa shape index (κ2) is 5.46. The van der Waals surface area contributed by atoms with Gasteiger partial charge in [0, 0.05) is 23.3 Å². The van der Waals surface area contributed by atoms with Crippen LogP contribution in [0.1, 0.15) is 0 Å². The van der Waals surface area contributed by atoms with E-state index in [1.54, 1.807) is 12.1 Å². The standard InChI is InChI=1S/C15H10N4O2/c20-19(21)13-8-6-12(7-9-13)15-17-10-16-14(18-15)11-4-2-1-3-5-11/h1-10H. The van der Waals surface area contributed by atoms with Crippen molar-refractivity contribution in [2.24, 2.45) is 0 Å². The van der Waals surface area contributed by atoms with E-state index < -0.39 is 4.92 Å². The third-order valence-electron chi connectivity index (χ3n) is 2.94. The number of benzene rings is 2. The minimum Gasteiger partial charge on any atom is -0.258 e. The predicted molar refractivity (Wildman–Crippen MR) is 77.4 cm³/mol. The molecule has 0 saturated carbocycles. The molecular formula is C15H10N4O2. The summed E-state index contributed by atoms with van der Waals surface area (Å²) in [5.74, 6) is 1.05. The number of non-ortho nitro benzene ring substituents is 1. The molecule has 0 aliphatic heterocycles. The molecule has 3 rings (SSSR count). The summed E-state index contributed by atoms with van der Waals surface area (Å²) in [5.41, 5.74) is 1.64. The lowest BCUT2D eigenvalue weighted by Crippen LogP contribution is -1.95. The number of rotatable bonds is 3. The van der Waals surface area contributed by atoms with E-state index >= 15 is 0 Å². The summed E-state index contributed by atoms with van der Waals surface area (Å²) in [6.07, 6.45) is 1.44. The minimum absolute atomic E-state index is 0.0380. The SMILES string of the molecule is O=[N+]([O-])c1ccc(-c2ncnc(-c3ccccc3)n2)cc1. The van der Waals surface area contributed by atoms with Crippen molar-refractivity contribution >= 4 is 5.69 Å². The van der Waals surface area contributed by atoms with Gasteiger partial charge in [-0.15, -0.1) is 0 Å². The van der Waals surface area contributed by atoms with Crippen molar-refractivity contribution in [3.8, 4) is 22.8 Å². The molecular weight excluding hydrogens is 268 g/mol. The van der Waals surface area contributed by atoms with Crippen LogP contribution in [0.15, 0.2) is 60.9 Å². The molecule has 2 aromatic carbocycles. The maximum Gasteiger partial charge on any atom is 0.269 e. The average Bonchev–Trinajstić information content (AvgIpc) is 2.56. The summed E-state index contributed by atoms with van der Waals surface area (Å²) in [4.78, 5) is 22.9. The number of hydrogen-bond donors (Lipinski definition) is 0. The van der Waals surface area contributed by atoms with E-state index in [-0.39, 0.29) is 5.69 Å². The molecule has 0 N–H and O–H groups in total. The first kappa shape index (κ1) is 12.9. The number of hydrogen-bond acceptors (Lipinski definition) is 5. The van der Waals surface area contributed by atoms with Gasteiger partial charge < -0.3 is 0 Å². The first-order valence-corrected chi connectivity index (χ1v) is 6.23. The highest BCUT2D eigenvalue weighted by atomic mass is 16.6. The Kier molecular flexibility index (Phi) is 3.34. The normalized spacial score (nSPS) is 10.3. The molecule has 0 saturated heterocycles. The molecule has 0 bridgehead atoms. The fraction of sp³-hybridized carbons (Fsp3) is 0. The molecule has 1 aromatic heterocycles. The van der Waals surface area contributed by atoms with Gasteiger partial charge in [0.15, 0.2) is 11.6 Å². The highest BCUT2D eigenvalue weighted by Gasteiger charge is 2.08. The zero-order valence-electron chi connectivity index (χ0n) is 10.9. The van der Waals surface area contributed by atoms with Gasteiger partial charge in [0.05, 0.1) is 4.92 Å². The van der Waals surface area contributed by atoms with Crippen molar-refractivity contribution in [3.63, 3.8) is 0 Å². The van der Waals surface area contributed by atoms with Gasteiger partial charge in [-0.25, -0.2) is 15.0 Å². The summed E-state index contributed by atoms with van der Waals surface area (Å²) in [5, 5.41) is 10.7. The smallest absolute Gasteiger partial charge is 0.258 e. The Bertz CT molecular complexity index is 773. The summed E-state index contributed by atoms with van der Waals surface area (Å²) >= 11 is 0. The van der Waals surface area contributed by atoms with Crippen molar-refractivity contribution in [2.75, 3.05) is 0 Å². The number of nitro benzene ring substituents is 1. The van der Waals surface area contributed by atoms with Gasteiger partial charge in [-0.05, 0) is 12.1 Å². The molecule has 0 aliphatic rings. The van der Waals surface area contributed by atoms with Crippen LogP contribution in [0, 0.1) is 10.1 Å². The van der Waals surface area contributed by atoms with Crippen LogP contribution in [0.2, 0.25) is 0 Å². The largest absolute Gasteiger partial charge is 0.269 e. The Balaban J connectivity index is 1.98. The van der Waals surface area contributed by atoms with Gasteiger partial charge in [0.2, 0.25) is 0 Å². The van der Waals surface area contributed by atoms with E-state index in [1.807, 2.05) is 30.3 Å². The molecule has 0 amide bonds. The zero-order valence-corrected chi connectivity index (χ0v) is 10.9. The fourth-order valence-electron chi connectivity index (χ4n) is 1.89. The van der Waals surface area contributed by atoms with E-state index in [0.29, 0.717) is 17.2 Å². The molecule has 102 valence electrons. The highest BCUT2D eigenvalue weighted by Crippen LogP contribution is 2.21. The van der Waals surface area contributed by atoms with Crippen LogP contribution in [0.4, 0.5) is 5.69 Å². The van der Waals surface area contributed by atoms with Gasteiger partial charge in [-0.1, -0.05) is 30.3 Å². The van der Waals surface area contributed by atoms with Crippen LogP contribution >= 0.6 is 0 Å². The van der Waals surface area contributed by atoms with Crippen molar-refractivity contribution < 1.29 is 4.92 Å². The fourth-order valence-corrected chi connectivity index (χ4v) is 1.89. The molecule has 0 atom stereocenters. The lowest BCUT2D eigenvalue weighted by Gasteiger charge is -2.03. The molecule has 0 radical (unpaired) electrons. The monoisotopic (exact) mass is 278 g/mol. The Hall–Kier alpha value is -3.15.